The van der Waals surface area contributed by atoms with Crippen LogP contribution in [0.1, 0.15) is 18.2 Å². The van der Waals surface area contributed by atoms with Gasteiger partial charge in [0.2, 0.25) is 5.43 Å². The summed E-state index contributed by atoms with van der Waals surface area (Å²) < 4.78 is 39.4. The molecule has 0 aliphatic heterocycles. The summed E-state index contributed by atoms with van der Waals surface area (Å²) in [7, 11) is 0. The molecule has 2 rings (SSSR count). The van der Waals surface area contributed by atoms with E-state index in [1.807, 2.05) is 0 Å². The first-order valence-corrected chi connectivity index (χ1v) is 6.06. The molecule has 1 N–H and O–H groups in total. The molecule has 112 valence electrons. The van der Waals surface area contributed by atoms with E-state index in [-0.39, 0.29) is 23.1 Å². The van der Waals surface area contributed by atoms with Crippen LogP contribution in [0.5, 0.6) is 0 Å². The zero-order valence-corrected chi connectivity index (χ0v) is 10.9. The predicted molar refractivity (Wildman–Crippen MR) is 68.0 cm³/mol. The molecule has 1 aromatic carbocycles. The first-order valence-electron chi connectivity index (χ1n) is 6.06. The molecule has 0 spiro atoms. The lowest BCUT2D eigenvalue weighted by Gasteiger charge is -2.12. The van der Waals surface area contributed by atoms with Crippen LogP contribution in [-0.2, 0) is 23.9 Å². The van der Waals surface area contributed by atoms with Gasteiger partial charge in [0.15, 0.2) is 0 Å². The molecule has 0 atom stereocenters. The molecule has 0 fully saturated rings. The van der Waals surface area contributed by atoms with E-state index in [0.717, 1.165) is 18.2 Å². The molecule has 0 bridgehead atoms. The van der Waals surface area contributed by atoms with Crippen LogP contribution in [0.3, 0.4) is 0 Å². The van der Waals surface area contributed by atoms with Gasteiger partial charge in [-0.25, -0.2) is 0 Å². The van der Waals surface area contributed by atoms with Crippen LogP contribution in [0.15, 0.2) is 23.0 Å². The van der Waals surface area contributed by atoms with Crippen molar-refractivity contribution in [1.82, 2.24) is 9.78 Å². The molecule has 2 aromatic rings. The zero-order chi connectivity index (χ0) is 15.8. The molecule has 0 radical (unpaired) electrons. The maximum Gasteiger partial charge on any atom is 0.416 e. The number of hydrogen-bond donors (Lipinski definition) is 1. The van der Waals surface area contributed by atoms with Gasteiger partial charge in [-0.1, -0.05) is 0 Å². The van der Waals surface area contributed by atoms with Gasteiger partial charge in [-0.2, -0.15) is 18.3 Å². The molecule has 0 saturated carbocycles. The number of alkyl halides is 3. The average molecular weight is 300 g/mol. The lowest BCUT2D eigenvalue weighted by molar-refractivity contribution is -0.138. The second-order valence-electron chi connectivity index (χ2n) is 4.39. The van der Waals surface area contributed by atoms with Crippen molar-refractivity contribution < 1.29 is 23.1 Å². The Morgan fingerprint density at radius 2 is 2.05 bits per heavy atom. The van der Waals surface area contributed by atoms with Crippen LogP contribution < -0.4 is 5.43 Å². The highest BCUT2D eigenvalue weighted by molar-refractivity contribution is 5.80. The minimum Gasteiger partial charge on any atom is -0.481 e. The van der Waals surface area contributed by atoms with Crippen LogP contribution in [0.4, 0.5) is 13.2 Å². The van der Waals surface area contributed by atoms with E-state index in [4.69, 9.17) is 5.11 Å². The third-order valence-electron chi connectivity index (χ3n) is 2.97. The first-order chi connectivity index (χ1) is 9.74. The number of benzene rings is 1. The molecule has 0 amide bonds. The summed E-state index contributed by atoms with van der Waals surface area (Å²) >= 11 is 0. The number of aryl methyl sites for hydroxylation is 1. The Morgan fingerprint density at radius 1 is 1.38 bits per heavy atom. The van der Waals surface area contributed by atoms with E-state index < -0.39 is 29.6 Å². The number of fused-ring (bicyclic) bond motifs is 1. The average Bonchev–Trinajstić information content (AvgIpc) is 2.40. The molecule has 0 aliphatic rings. The van der Waals surface area contributed by atoms with Crippen LogP contribution >= 0.6 is 0 Å². The number of nitrogens with zero attached hydrogens (tertiary/aromatic N) is 2. The van der Waals surface area contributed by atoms with Crippen molar-refractivity contribution in [1.29, 1.82) is 0 Å². The highest BCUT2D eigenvalue weighted by atomic mass is 19.4. The second-order valence-corrected chi connectivity index (χ2v) is 4.39. The molecule has 8 heteroatoms. The van der Waals surface area contributed by atoms with Crippen molar-refractivity contribution >= 4 is 16.9 Å². The Labute approximate surface area is 116 Å². The van der Waals surface area contributed by atoms with E-state index in [0.29, 0.717) is 0 Å². The first kappa shape index (κ1) is 15.0. The fraction of sp³-hybridized carbons (Fsp3) is 0.308. The van der Waals surface area contributed by atoms with Crippen molar-refractivity contribution in [3.63, 3.8) is 0 Å². The van der Waals surface area contributed by atoms with Crippen molar-refractivity contribution in [2.24, 2.45) is 0 Å². The summed E-state index contributed by atoms with van der Waals surface area (Å²) in [6.07, 6.45) is -5.10. The predicted octanol–water partition coefficient (Wildman–Crippen LogP) is 2.06. The highest BCUT2D eigenvalue weighted by Crippen LogP contribution is 2.30. The molecule has 21 heavy (non-hydrogen) atoms. The quantitative estimate of drug-likeness (QED) is 0.941. The number of carboxylic acid groups (broad SMARTS) is 1. The molecule has 5 nitrogen and oxygen atoms in total. The number of hydrogen-bond acceptors (Lipinski definition) is 3. The van der Waals surface area contributed by atoms with Gasteiger partial charge in [-0.3, -0.25) is 14.3 Å². The smallest absolute Gasteiger partial charge is 0.416 e. The Kier molecular flexibility index (Phi) is 3.71. The van der Waals surface area contributed by atoms with Gasteiger partial charge in [0, 0.05) is 11.9 Å². The topological polar surface area (TPSA) is 72.2 Å². The Hall–Kier alpha value is -2.38. The van der Waals surface area contributed by atoms with Gasteiger partial charge >= 0.3 is 12.1 Å². The normalized spacial score (nSPS) is 11.8. The number of carbonyl (C=O) groups is 1. The highest BCUT2D eigenvalue weighted by Gasteiger charge is 2.31. The van der Waals surface area contributed by atoms with E-state index in [1.165, 1.54) is 4.68 Å². The van der Waals surface area contributed by atoms with E-state index in [1.54, 1.807) is 6.92 Å². The fourth-order valence-corrected chi connectivity index (χ4v) is 2.01. The van der Waals surface area contributed by atoms with Gasteiger partial charge in [0.25, 0.3) is 0 Å². The van der Waals surface area contributed by atoms with E-state index >= 15 is 0 Å². The van der Waals surface area contributed by atoms with Gasteiger partial charge in [-0.05, 0) is 25.1 Å². The monoisotopic (exact) mass is 300 g/mol. The third-order valence-corrected chi connectivity index (χ3v) is 2.97. The standard InChI is InChI=1S/C13H11F3N2O3/c1-2-18-10-5-7(13(14,15)16)3-4-8(10)12(21)9(17-18)6-11(19)20/h3-5H,2,6H2,1H3,(H,19,20). The Bertz CT molecular complexity index is 766. The van der Waals surface area contributed by atoms with Crippen molar-refractivity contribution in [3.8, 4) is 0 Å². The van der Waals surface area contributed by atoms with Crippen LogP contribution in [-0.4, -0.2) is 20.9 Å². The summed E-state index contributed by atoms with van der Waals surface area (Å²) in [5.74, 6) is -1.23. The van der Waals surface area contributed by atoms with Gasteiger partial charge in [0.05, 0.1) is 17.5 Å². The Morgan fingerprint density at radius 3 is 2.57 bits per heavy atom. The van der Waals surface area contributed by atoms with E-state index in [2.05, 4.69) is 5.10 Å². The maximum absolute atomic E-state index is 12.7. The molecule has 1 heterocycles. The third kappa shape index (κ3) is 2.88. The lowest BCUT2D eigenvalue weighted by atomic mass is 10.1. The van der Waals surface area contributed by atoms with Crippen molar-refractivity contribution in [2.75, 3.05) is 0 Å². The SMILES string of the molecule is CCn1nc(CC(=O)O)c(=O)c2ccc(C(F)(F)F)cc21. The minimum atomic E-state index is -4.53. The summed E-state index contributed by atoms with van der Waals surface area (Å²) in [6, 6.07) is 2.70. The lowest BCUT2D eigenvalue weighted by Crippen LogP contribution is -2.22. The van der Waals surface area contributed by atoms with Gasteiger partial charge in [0.1, 0.15) is 5.69 Å². The molecule has 1 aromatic heterocycles. The molecule has 0 aliphatic carbocycles. The number of carboxylic acids is 1. The minimum absolute atomic E-state index is 0.0242. The molecular weight excluding hydrogens is 289 g/mol. The second kappa shape index (κ2) is 5.19. The number of halogens is 3. The van der Waals surface area contributed by atoms with Crippen molar-refractivity contribution in [3.05, 3.63) is 39.7 Å². The number of rotatable bonds is 3. The molecule has 0 unspecified atom stereocenters. The van der Waals surface area contributed by atoms with E-state index in [9.17, 15) is 22.8 Å². The van der Waals surface area contributed by atoms with Gasteiger partial charge < -0.3 is 5.11 Å². The maximum atomic E-state index is 12.7. The molecular formula is C13H11F3N2O3. The largest absolute Gasteiger partial charge is 0.481 e. The summed E-state index contributed by atoms with van der Waals surface area (Å²) in [6.45, 7) is 1.85. The van der Waals surface area contributed by atoms with Gasteiger partial charge in [-0.15, -0.1) is 0 Å². The summed E-state index contributed by atoms with van der Waals surface area (Å²) in [5.41, 5.74) is -1.71. The van der Waals surface area contributed by atoms with Crippen molar-refractivity contribution in [2.45, 2.75) is 26.1 Å². The van der Waals surface area contributed by atoms with Crippen LogP contribution in [0.25, 0.3) is 10.9 Å². The Balaban J connectivity index is 2.76. The van der Waals surface area contributed by atoms with Crippen LogP contribution in [0, 0.1) is 0 Å². The summed E-state index contributed by atoms with van der Waals surface area (Å²) in [4.78, 5) is 22.8. The van der Waals surface area contributed by atoms with Crippen LogP contribution in [0.2, 0.25) is 0 Å². The number of aliphatic carboxylic acids is 1. The fourth-order valence-electron chi connectivity index (χ4n) is 2.01. The summed E-state index contributed by atoms with van der Waals surface area (Å²) in [5, 5.41) is 12.6. The molecule has 0 saturated heterocycles. The number of aromatic nitrogens is 2. The zero-order valence-electron chi connectivity index (χ0n) is 10.9.